The molecule has 3 aromatic rings. The van der Waals surface area contributed by atoms with Crippen LogP contribution in [0.25, 0.3) is 0 Å². The first-order valence-electron chi connectivity index (χ1n) is 11.0. The third kappa shape index (κ3) is 5.20. The zero-order valence-electron chi connectivity index (χ0n) is 19.0. The maximum Gasteiger partial charge on any atom is 0.275 e. The van der Waals surface area contributed by atoms with Gasteiger partial charge < -0.3 is 14.8 Å². The Morgan fingerprint density at radius 1 is 1.12 bits per heavy atom. The van der Waals surface area contributed by atoms with Crippen molar-refractivity contribution in [3.8, 4) is 11.5 Å². The van der Waals surface area contributed by atoms with Crippen molar-refractivity contribution >= 4 is 23.2 Å². The topological polar surface area (TPSA) is 106 Å². The van der Waals surface area contributed by atoms with E-state index >= 15 is 0 Å². The smallest absolute Gasteiger partial charge is 0.275 e. The molecule has 0 spiro atoms. The van der Waals surface area contributed by atoms with Crippen LogP contribution in [0.5, 0.6) is 11.5 Å². The summed E-state index contributed by atoms with van der Waals surface area (Å²) in [6, 6.07) is 12.4. The van der Waals surface area contributed by atoms with E-state index in [-0.39, 0.29) is 11.6 Å². The van der Waals surface area contributed by atoms with Crippen LogP contribution in [0, 0.1) is 0 Å². The number of nitrogens with zero attached hydrogens (tertiary/aromatic N) is 4. The minimum absolute atomic E-state index is 0.190. The molecular formula is C25H25N5O4. The van der Waals surface area contributed by atoms with Crippen molar-refractivity contribution in [2.24, 2.45) is 5.10 Å². The maximum absolute atomic E-state index is 13.2. The first-order chi connectivity index (χ1) is 16.6. The summed E-state index contributed by atoms with van der Waals surface area (Å²) in [5, 5.41) is 8.83. The summed E-state index contributed by atoms with van der Waals surface area (Å²) in [7, 11) is 1.60. The van der Waals surface area contributed by atoms with E-state index in [9.17, 15) is 9.59 Å². The van der Waals surface area contributed by atoms with E-state index in [0.717, 1.165) is 24.1 Å². The molecule has 174 valence electrons. The van der Waals surface area contributed by atoms with Crippen molar-refractivity contribution in [1.29, 1.82) is 0 Å². The number of rotatable bonds is 7. The van der Waals surface area contributed by atoms with Gasteiger partial charge in [0.15, 0.2) is 11.5 Å². The van der Waals surface area contributed by atoms with E-state index in [1.165, 1.54) is 23.6 Å². The Balaban J connectivity index is 1.53. The maximum atomic E-state index is 13.2. The number of hydrogen-bond acceptors (Lipinski definition) is 7. The van der Waals surface area contributed by atoms with Crippen LogP contribution in [0.4, 0.5) is 5.69 Å². The monoisotopic (exact) mass is 459 g/mol. The van der Waals surface area contributed by atoms with Crippen molar-refractivity contribution in [3.63, 3.8) is 0 Å². The van der Waals surface area contributed by atoms with Crippen molar-refractivity contribution in [2.75, 3.05) is 25.6 Å². The molecule has 1 aromatic heterocycles. The Hall–Kier alpha value is -4.27. The Morgan fingerprint density at radius 3 is 2.76 bits per heavy atom. The third-order valence-electron chi connectivity index (χ3n) is 5.22. The molecule has 0 radical (unpaired) electrons. The molecule has 2 heterocycles. The van der Waals surface area contributed by atoms with E-state index in [0.29, 0.717) is 35.9 Å². The lowest BCUT2D eigenvalue weighted by Gasteiger charge is -2.24. The highest BCUT2D eigenvalue weighted by Crippen LogP contribution is 2.29. The summed E-state index contributed by atoms with van der Waals surface area (Å²) in [4.78, 5) is 33.4. The molecule has 0 bridgehead atoms. The number of nitrogens with one attached hydrogen (secondary N) is 1. The molecule has 9 nitrogen and oxygen atoms in total. The fourth-order valence-corrected chi connectivity index (χ4v) is 3.61. The molecule has 2 aromatic carbocycles. The molecule has 2 amide bonds. The first-order valence-corrected chi connectivity index (χ1v) is 11.0. The molecule has 0 unspecified atom stereocenters. The van der Waals surface area contributed by atoms with Crippen LogP contribution in [-0.4, -0.2) is 52.8 Å². The lowest BCUT2D eigenvalue weighted by Crippen LogP contribution is -2.32. The number of carbonyl (C=O) groups is 2. The van der Waals surface area contributed by atoms with Gasteiger partial charge in [-0.25, -0.2) is 9.99 Å². The molecule has 4 rings (SSSR count). The summed E-state index contributed by atoms with van der Waals surface area (Å²) < 4.78 is 11.0. The van der Waals surface area contributed by atoms with E-state index in [1.54, 1.807) is 31.4 Å². The average Bonchev–Trinajstić information content (AvgIpc) is 2.89. The van der Waals surface area contributed by atoms with Gasteiger partial charge in [-0.15, -0.1) is 0 Å². The summed E-state index contributed by atoms with van der Waals surface area (Å²) in [6.45, 7) is 2.93. The number of ether oxygens (including phenoxy) is 2. The number of carbonyl (C=O) groups excluding carboxylic acids is 2. The van der Waals surface area contributed by atoms with Gasteiger partial charge in [0.25, 0.3) is 11.8 Å². The van der Waals surface area contributed by atoms with Crippen LogP contribution in [0.15, 0.2) is 66.2 Å². The highest BCUT2D eigenvalue weighted by atomic mass is 16.5. The van der Waals surface area contributed by atoms with E-state index in [4.69, 9.17) is 9.47 Å². The van der Waals surface area contributed by atoms with Crippen molar-refractivity contribution in [3.05, 3.63) is 77.9 Å². The van der Waals surface area contributed by atoms with Crippen molar-refractivity contribution < 1.29 is 19.1 Å². The van der Waals surface area contributed by atoms with E-state index < -0.39 is 5.91 Å². The van der Waals surface area contributed by atoms with E-state index in [1.807, 2.05) is 25.1 Å². The highest BCUT2D eigenvalue weighted by molar-refractivity contribution is 6.05. The van der Waals surface area contributed by atoms with Crippen LogP contribution in [0.2, 0.25) is 0 Å². The van der Waals surface area contributed by atoms with E-state index in [2.05, 4.69) is 20.4 Å². The molecule has 0 atom stereocenters. The second-order valence-electron chi connectivity index (χ2n) is 7.50. The van der Waals surface area contributed by atoms with Gasteiger partial charge >= 0.3 is 0 Å². The highest BCUT2D eigenvalue weighted by Gasteiger charge is 2.22. The van der Waals surface area contributed by atoms with Gasteiger partial charge in [0.1, 0.15) is 5.69 Å². The molecule has 0 saturated carbocycles. The number of anilines is 1. The average molecular weight is 460 g/mol. The predicted molar refractivity (Wildman–Crippen MR) is 127 cm³/mol. The van der Waals surface area contributed by atoms with Gasteiger partial charge in [0.05, 0.1) is 25.6 Å². The quantitative estimate of drug-likeness (QED) is 0.576. The molecule has 34 heavy (non-hydrogen) atoms. The number of amides is 2. The Morgan fingerprint density at radius 2 is 2.00 bits per heavy atom. The van der Waals surface area contributed by atoms with Crippen molar-refractivity contribution in [1.82, 2.24) is 15.0 Å². The summed E-state index contributed by atoms with van der Waals surface area (Å²) in [5.41, 5.74) is 2.78. The molecule has 0 fully saturated rings. The zero-order chi connectivity index (χ0) is 23.9. The SMILES string of the molecule is CCOc1cc(C2=NN(C(=O)c3cccc(NC(=O)c4cnccn4)c3)CCC2)ccc1OC. The van der Waals surface area contributed by atoms with Gasteiger partial charge in [0, 0.05) is 35.8 Å². The minimum atomic E-state index is -0.402. The minimum Gasteiger partial charge on any atom is -0.493 e. The van der Waals surface area contributed by atoms with Gasteiger partial charge in [0.2, 0.25) is 0 Å². The second-order valence-corrected chi connectivity index (χ2v) is 7.50. The van der Waals surface area contributed by atoms with Crippen LogP contribution in [0.3, 0.4) is 0 Å². The van der Waals surface area contributed by atoms with Crippen molar-refractivity contribution in [2.45, 2.75) is 19.8 Å². The summed E-state index contributed by atoms with van der Waals surface area (Å²) >= 11 is 0. The summed E-state index contributed by atoms with van der Waals surface area (Å²) in [5.74, 6) is 0.641. The van der Waals surface area contributed by atoms with Gasteiger partial charge in [-0.3, -0.25) is 14.6 Å². The Labute approximate surface area is 197 Å². The number of benzene rings is 2. The lowest BCUT2D eigenvalue weighted by atomic mass is 10.0. The van der Waals surface area contributed by atoms with Crippen LogP contribution in [-0.2, 0) is 0 Å². The molecule has 0 saturated heterocycles. The fraction of sp³-hybridized carbons (Fsp3) is 0.240. The molecule has 9 heteroatoms. The largest absolute Gasteiger partial charge is 0.493 e. The van der Waals surface area contributed by atoms with Crippen LogP contribution >= 0.6 is 0 Å². The predicted octanol–water partition coefficient (Wildman–Crippen LogP) is 3.78. The number of aromatic nitrogens is 2. The van der Waals surface area contributed by atoms with Gasteiger partial charge in [-0.05, 0) is 56.2 Å². The first kappa shape index (κ1) is 22.9. The standard InChI is InChI=1S/C25H25N5O4/c1-3-34-23-15-17(9-10-22(23)33-2)20-8-5-13-30(29-20)25(32)18-6-4-7-19(14-18)28-24(31)21-16-26-11-12-27-21/h4,6-7,9-12,14-16H,3,5,8,13H2,1-2H3,(H,28,31). The van der Waals surface area contributed by atoms with Crippen LogP contribution < -0.4 is 14.8 Å². The zero-order valence-corrected chi connectivity index (χ0v) is 19.0. The van der Waals surface area contributed by atoms with Gasteiger partial charge in [-0.2, -0.15) is 5.10 Å². The fourth-order valence-electron chi connectivity index (χ4n) is 3.61. The lowest BCUT2D eigenvalue weighted by molar-refractivity contribution is 0.0751. The third-order valence-corrected chi connectivity index (χ3v) is 5.22. The molecule has 1 aliphatic heterocycles. The molecule has 1 aliphatic rings. The second kappa shape index (κ2) is 10.6. The number of methoxy groups -OCH3 is 1. The molecule has 0 aliphatic carbocycles. The van der Waals surface area contributed by atoms with Crippen LogP contribution in [0.1, 0.15) is 46.2 Å². The molecular weight excluding hydrogens is 434 g/mol. The number of hydrazone groups is 1. The summed E-state index contributed by atoms with van der Waals surface area (Å²) in [6.07, 6.45) is 5.85. The normalized spacial score (nSPS) is 13.1. The molecule has 1 N–H and O–H groups in total. The number of hydrogen-bond donors (Lipinski definition) is 1. The Kier molecular flexibility index (Phi) is 7.12. The van der Waals surface area contributed by atoms with Gasteiger partial charge in [-0.1, -0.05) is 6.07 Å². The Bertz CT molecular complexity index is 1210.